The Morgan fingerprint density at radius 2 is 1.39 bits per heavy atom. The van der Waals surface area contributed by atoms with Crippen LogP contribution in [0.25, 0.3) is 0 Å². The van der Waals surface area contributed by atoms with E-state index in [2.05, 4.69) is 5.32 Å². The molecule has 0 aliphatic carbocycles. The zero-order chi connectivity index (χ0) is 19.8. The highest BCUT2D eigenvalue weighted by Gasteiger charge is 2.18. The maximum Gasteiger partial charge on any atom is 0.412 e. The number of para-hydroxylation sites is 1. The highest BCUT2D eigenvalue weighted by atomic mass is 16.5. The fourth-order valence-electron chi connectivity index (χ4n) is 2.56. The number of carbonyl (C=O) groups is 2. The molecular weight excluding hydrogens is 358 g/mol. The average Bonchev–Trinajstić information content (AvgIpc) is 2.72. The van der Waals surface area contributed by atoms with Gasteiger partial charge in [-0.3, -0.25) is 5.32 Å². The summed E-state index contributed by atoms with van der Waals surface area (Å²) in [4.78, 5) is 23.7. The van der Waals surface area contributed by atoms with Gasteiger partial charge >= 0.3 is 12.1 Å². The number of amides is 1. The molecule has 0 aromatic heterocycles. The van der Waals surface area contributed by atoms with Gasteiger partial charge in [-0.1, -0.05) is 66.7 Å². The van der Waals surface area contributed by atoms with Crippen LogP contribution in [0.1, 0.15) is 21.5 Å². The molecule has 28 heavy (non-hydrogen) atoms. The number of nitrogens with one attached hydrogen (secondary N) is 1. The molecule has 0 unspecified atom stereocenters. The Kier molecular flexibility index (Phi) is 6.25. The summed E-state index contributed by atoms with van der Waals surface area (Å²) in [6, 6.07) is 23.1. The van der Waals surface area contributed by atoms with Crippen LogP contribution < -0.4 is 10.1 Å². The Labute approximate surface area is 162 Å². The molecule has 3 rings (SSSR count). The van der Waals surface area contributed by atoms with Crippen LogP contribution in [0.4, 0.5) is 10.5 Å². The number of carbonyl (C=O) groups excluding carboxylic acids is 1. The predicted octanol–water partition coefficient (Wildman–Crippen LogP) is 4.71. The van der Waals surface area contributed by atoms with E-state index in [-0.39, 0.29) is 30.2 Å². The lowest BCUT2D eigenvalue weighted by molar-refractivity contribution is 0.0691. The van der Waals surface area contributed by atoms with Crippen molar-refractivity contribution in [1.82, 2.24) is 0 Å². The molecule has 0 aliphatic heterocycles. The molecule has 0 saturated heterocycles. The van der Waals surface area contributed by atoms with Gasteiger partial charge in [0.15, 0.2) is 5.75 Å². The standard InChI is InChI=1S/C22H19NO5/c24-21(25)18-12-7-13-19(20(18)27-14-16-8-3-1-4-9-16)23-22(26)28-15-17-10-5-2-6-11-17/h1-13H,14-15H2,(H,23,26)(H,24,25). The highest BCUT2D eigenvalue weighted by Crippen LogP contribution is 2.30. The quantitative estimate of drug-likeness (QED) is 0.623. The second-order valence-corrected chi connectivity index (χ2v) is 5.95. The topological polar surface area (TPSA) is 84.9 Å². The maximum atomic E-state index is 12.2. The van der Waals surface area contributed by atoms with Crippen LogP contribution >= 0.6 is 0 Å². The van der Waals surface area contributed by atoms with Gasteiger partial charge in [-0.15, -0.1) is 0 Å². The van der Waals surface area contributed by atoms with Gasteiger partial charge in [0.05, 0.1) is 5.69 Å². The number of ether oxygens (including phenoxy) is 2. The van der Waals surface area contributed by atoms with Crippen molar-refractivity contribution in [2.45, 2.75) is 13.2 Å². The van der Waals surface area contributed by atoms with Gasteiger partial charge in [0.1, 0.15) is 18.8 Å². The average molecular weight is 377 g/mol. The molecule has 0 bridgehead atoms. The molecule has 1 amide bonds. The summed E-state index contributed by atoms with van der Waals surface area (Å²) in [5.74, 6) is -1.07. The monoisotopic (exact) mass is 377 g/mol. The van der Waals surface area contributed by atoms with Crippen LogP contribution in [0.5, 0.6) is 5.75 Å². The van der Waals surface area contributed by atoms with Crippen molar-refractivity contribution < 1.29 is 24.2 Å². The number of hydrogen-bond donors (Lipinski definition) is 2. The molecule has 0 saturated carbocycles. The van der Waals surface area contributed by atoms with Crippen molar-refractivity contribution in [1.29, 1.82) is 0 Å². The lowest BCUT2D eigenvalue weighted by atomic mass is 10.1. The molecular formula is C22H19NO5. The van der Waals surface area contributed by atoms with Gasteiger partial charge in [-0.2, -0.15) is 0 Å². The first-order valence-corrected chi connectivity index (χ1v) is 8.64. The Balaban J connectivity index is 1.73. The van der Waals surface area contributed by atoms with E-state index >= 15 is 0 Å². The first-order valence-electron chi connectivity index (χ1n) is 8.64. The fraction of sp³-hybridized carbons (Fsp3) is 0.0909. The van der Waals surface area contributed by atoms with E-state index in [0.29, 0.717) is 0 Å². The van der Waals surface area contributed by atoms with Crippen LogP contribution in [0.3, 0.4) is 0 Å². The number of aromatic carboxylic acids is 1. The summed E-state index contributed by atoms with van der Waals surface area (Å²) in [5, 5.41) is 12.0. The molecule has 0 heterocycles. The first-order chi connectivity index (χ1) is 13.6. The van der Waals surface area contributed by atoms with Gasteiger partial charge in [0.25, 0.3) is 0 Å². The number of benzene rings is 3. The van der Waals surface area contributed by atoms with Gasteiger partial charge in [0.2, 0.25) is 0 Å². The third-order valence-corrected chi connectivity index (χ3v) is 3.92. The summed E-state index contributed by atoms with van der Waals surface area (Å²) in [7, 11) is 0. The minimum Gasteiger partial charge on any atom is -0.486 e. The minimum absolute atomic E-state index is 0.0446. The van der Waals surface area contributed by atoms with Gasteiger partial charge in [-0.25, -0.2) is 9.59 Å². The zero-order valence-electron chi connectivity index (χ0n) is 15.0. The van der Waals surface area contributed by atoms with Crippen LogP contribution in [0.15, 0.2) is 78.9 Å². The van der Waals surface area contributed by atoms with Crippen molar-refractivity contribution in [2.24, 2.45) is 0 Å². The van der Waals surface area contributed by atoms with Crippen LogP contribution in [-0.2, 0) is 18.0 Å². The smallest absolute Gasteiger partial charge is 0.412 e. The molecule has 3 aromatic carbocycles. The van der Waals surface area contributed by atoms with E-state index in [4.69, 9.17) is 9.47 Å². The Morgan fingerprint density at radius 1 is 0.786 bits per heavy atom. The van der Waals surface area contributed by atoms with Crippen molar-refractivity contribution in [3.63, 3.8) is 0 Å². The molecule has 0 atom stereocenters. The first kappa shape index (κ1) is 19.0. The summed E-state index contributed by atoms with van der Waals surface area (Å²) in [6.07, 6.45) is -0.698. The van der Waals surface area contributed by atoms with E-state index < -0.39 is 12.1 Å². The fourth-order valence-corrected chi connectivity index (χ4v) is 2.56. The van der Waals surface area contributed by atoms with E-state index in [1.54, 1.807) is 6.07 Å². The van der Waals surface area contributed by atoms with E-state index in [9.17, 15) is 14.7 Å². The lowest BCUT2D eigenvalue weighted by Crippen LogP contribution is -2.15. The number of anilines is 1. The highest BCUT2D eigenvalue weighted by molar-refractivity contribution is 5.96. The molecule has 0 aliphatic rings. The van der Waals surface area contributed by atoms with E-state index in [1.807, 2.05) is 60.7 Å². The van der Waals surface area contributed by atoms with Gasteiger partial charge in [0, 0.05) is 0 Å². The number of carboxylic acid groups (broad SMARTS) is 1. The summed E-state index contributed by atoms with van der Waals surface area (Å²) in [5.41, 5.74) is 1.91. The molecule has 0 spiro atoms. The second kappa shape index (κ2) is 9.23. The number of carboxylic acids is 1. The van der Waals surface area contributed by atoms with Crippen molar-refractivity contribution in [3.8, 4) is 5.75 Å². The zero-order valence-corrected chi connectivity index (χ0v) is 15.0. The SMILES string of the molecule is O=C(Nc1cccc(C(=O)O)c1OCc1ccccc1)OCc1ccccc1. The predicted molar refractivity (Wildman–Crippen MR) is 104 cm³/mol. The van der Waals surface area contributed by atoms with Gasteiger partial charge in [-0.05, 0) is 23.3 Å². The van der Waals surface area contributed by atoms with E-state index in [0.717, 1.165) is 11.1 Å². The largest absolute Gasteiger partial charge is 0.486 e. The Hall–Kier alpha value is -3.80. The molecule has 0 radical (unpaired) electrons. The molecule has 142 valence electrons. The Morgan fingerprint density at radius 3 is 2.00 bits per heavy atom. The molecule has 3 aromatic rings. The normalized spacial score (nSPS) is 10.1. The Bertz CT molecular complexity index is 942. The van der Waals surface area contributed by atoms with Crippen LogP contribution in [0.2, 0.25) is 0 Å². The number of rotatable bonds is 7. The third-order valence-electron chi connectivity index (χ3n) is 3.92. The van der Waals surface area contributed by atoms with Crippen molar-refractivity contribution >= 4 is 17.7 Å². The van der Waals surface area contributed by atoms with Crippen LogP contribution in [0, 0.1) is 0 Å². The maximum absolute atomic E-state index is 12.2. The van der Waals surface area contributed by atoms with E-state index in [1.165, 1.54) is 12.1 Å². The summed E-state index contributed by atoms with van der Waals surface area (Å²) < 4.78 is 10.9. The molecule has 2 N–H and O–H groups in total. The molecule has 6 nitrogen and oxygen atoms in total. The minimum atomic E-state index is -1.15. The molecule has 6 heteroatoms. The van der Waals surface area contributed by atoms with Crippen molar-refractivity contribution in [3.05, 3.63) is 95.6 Å². The number of hydrogen-bond acceptors (Lipinski definition) is 4. The summed E-state index contributed by atoms with van der Waals surface area (Å²) in [6.45, 7) is 0.268. The summed E-state index contributed by atoms with van der Waals surface area (Å²) >= 11 is 0. The van der Waals surface area contributed by atoms with Gasteiger partial charge < -0.3 is 14.6 Å². The second-order valence-electron chi connectivity index (χ2n) is 5.95. The van der Waals surface area contributed by atoms with Crippen LogP contribution in [-0.4, -0.2) is 17.2 Å². The molecule has 0 fully saturated rings. The lowest BCUT2D eigenvalue weighted by Gasteiger charge is -2.15. The van der Waals surface area contributed by atoms with Crippen molar-refractivity contribution in [2.75, 3.05) is 5.32 Å². The third kappa shape index (κ3) is 5.11.